The van der Waals surface area contributed by atoms with Crippen molar-refractivity contribution in [3.63, 3.8) is 0 Å². The van der Waals surface area contributed by atoms with Crippen molar-refractivity contribution in [2.75, 3.05) is 6.54 Å². The Morgan fingerprint density at radius 3 is 2.94 bits per heavy atom. The average molecular weight is 247 g/mol. The van der Waals surface area contributed by atoms with Crippen molar-refractivity contribution >= 4 is 11.8 Å². The van der Waals surface area contributed by atoms with Crippen LogP contribution in [-0.4, -0.2) is 24.4 Å². The highest BCUT2D eigenvalue weighted by molar-refractivity contribution is 5.98. The Hall–Kier alpha value is -1.88. The standard InChI is InChI=1S/C13H17N3O2/c1-8(12(14)17)16-13(18)11-4-2-3-9-7-15-6-5-10(9)11/h2-4,8,15H,5-7H2,1H3,(H2,14,17)(H,16,18). The second-order valence-corrected chi connectivity index (χ2v) is 4.47. The van der Waals surface area contributed by atoms with Gasteiger partial charge in [0.25, 0.3) is 5.91 Å². The van der Waals surface area contributed by atoms with Crippen LogP contribution in [0.1, 0.15) is 28.4 Å². The number of nitrogens with one attached hydrogen (secondary N) is 2. The molecule has 96 valence electrons. The van der Waals surface area contributed by atoms with Crippen molar-refractivity contribution in [3.05, 3.63) is 34.9 Å². The molecular formula is C13H17N3O2. The van der Waals surface area contributed by atoms with Gasteiger partial charge < -0.3 is 16.4 Å². The summed E-state index contributed by atoms with van der Waals surface area (Å²) in [5.41, 5.74) is 7.98. The molecule has 1 aromatic rings. The lowest BCUT2D eigenvalue weighted by Gasteiger charge is -2.20. The molecule has 0 saturated carbocycles. The van der Waals surface area contributed by atoms with Gasteiger partial charge in [0, 0.05) is 12.1 Å². The maximum atomic E-state index is 12.1. The minimum Gasteiger partial charge on any atom is -0.368 e. The highest BCUT2D eigenvalue weighted by Crippen LogP contribution is 2.18. The zero-order valence-electron chi connectivity index (χ0n) is 10.3. The van der Waals surface area contributed by atoms with Crippen molar-refractivity contribution in [3.8, 4) is 0 Å². The van der Waals surface area contributed by atoms with E-state index in [9.17, 15) is 9.59 Å². The maximum Gasteiger partial charge on any atom is 0.252 e. The van der Waals surface area contributed by atoms with Crippen LogP contribution in [0.2, 0.25) is 0 Å². The molecule has 1 atom stereocenters. The summed E-state index contributed by atoms with van der Waals surface area (Å²) in [6.45, 7) is 3.22. The largest absolute Gasteiger partial charge is 0.368 e. The Morgan fingerprint density at radius 2 is 2.22 bits per heavy atom. The number of carbonyl (C=O) groups is 2. The van der Waals surface area contributed by atoms with Crippen LogP contribution in [0.15, 0.2) is 18.2 Å². The van der Waals surface area contributed by atoms with Crippen molar-refractivity contribution in [1.29, 1.82) is 0 Å². The molecule has 5 heteroatoms. The van der Waals surface area contributed by atoms with Crippen LogP contribution in [0.3, 0.4) is 0 Å². The van der Waals surface area contributed by atoms with Crippen molar-refractivity contribution < 1.29 is 9.59 Å². The highest BCUT2D eigenvalue weighted by Gasteiger charge is 2.19. The van der Waals surface area contributed by atoms with E-state index in [0.717, 1.165) is 30.6 Å². The number of fused-ring (bicyclic) bond motifs is 1. The van der Waals surface area contributed by atoms with Crippen LogP contribution in [0.25, 0.3) is 0 Å². The molecule has 0 saturated heterocycles. The number of benzene rings is 1. The maximum absolute atomic E-state index is 12.1. The molecule has 0 fully saturated rings. The molecular weight excluding hydrogens is 230 g/mol. The Balaban J connectivity index is 2.23. The predicted molar refractivity (Wildman–Crippen MR) is 68.0 cm³/mol. The third-order valence-corrected chi connectivity index (χ3v) is 3.16. The molecule has 1 aliphatic heterocycles. The first kappa shape index (κ1) is 12.6. The normalized spacial score (nSPS) is 15.6. The SMILES string of the molecule is CC(NC(=O)c1cccc2c1CCNC2)C(N)=O. The van der Waals surface area contributed by atoms with Gasteiger partial charge in [0.2, 0.25) is 5.91 Å². The molecule has 0 bridgehead atoms. The smallest absolute Gasteiger partial charge is 0.252 e. The van der Waals surface area contributed by atoms with E-state index in [1.807, 2.05) is 12.1 Å². The molecule has 2 amide bonds. The number of hydrogen-bond acceptors (Lipinski definition) is 3. The average Bonchev–Trinajstić information content (AvgIpc) is 2.37. The van der Waals surface area contributed by atoms with E-state index >= 15 is 0 Å². The molecule has 0 spiro atoms. The van der Waals surface area contributed by atoms with E-state index in [0.29, 0.717) is 5.56 Å². The molecule has 0 aromatic heterocycles. The van der Waals surface area contributed by atoms with E-state index in [1.165, 1.54) is 0 Å². The summed E-state index contributed by atoms with van der Waals surface area (Å²) in [5.74, 6) is -0.769. The van der Waals surface area contributed by atoms with Crippen LogP contribution in [0, 0.1) is 0 Å². The highest BCUT2D eigenvalue weighted by atomic mass is 16.2. The summed E-state index contributed by atoms with van der Waals surface area (Å²) in [6, 6.07) is 4.99. The Bertz CT molecular complexity index is 485. The van der Waals surface area contributed by atoms with Gasteiger partial charge in [-0.2, -0.15) is 0 Å². The summed E-state index contributed by atoms with van der Waals surface area (Å²) >= 11 is 0. The van der Waals surface area contributed by atoms with E-state index in [4.69, 9.17) is 5.73 Å². The van der Waals surface area contributed by atoms with Crippen LogP contribution in [0.4, 0.5) is 0 Å². The number of primary amides is 1. The fraction of sp³-hybridized carbons (Fsp3) is 0.385. The lowest BCUT2D eigenvalue weighted by molar-refractivity contribution is -0.119. The lowest BCUT2D eigenvalue weighted by Crippen LogP contribution is -2.42. The van der Waals surface area contributed by atoms with Gasteiger partial charge in [-0.05, 0) is 37.1 Å². The third-order valence-electron chi connectivity index (χ3n) is 3.16. The van der Waals surface area contributed by atoms with Crippen LogP contribution < -0.4 is 16.4 Å². The van der Waals surface area contributed by atoms with Gasteiger partial charge >= 0.3 is 0 Å². The predicted octanol–water partition coefficient (Wildman–Crippen LogP) is -0.0641. The van der Waals surface area contributed by atoms with E-state index in [-0.39, 0.29) is 5.91 Å². The first-order chi connectivity index (χ1) is 8.59. The van der Waals surface area contributed by atoms with Gasteiger partial charge in [0.05, 0.1) is 0 Å². The Morgan fingerprint density at radius 1 is 1.44 bits per heavy atom. The zero-order valence-corrected chi connectivity index (χ0v) is 10.3. The van der Waals surface area contributed by atoms with Crippen molar-refractivity contribution in [1.82, 2.24) is 10.6 Å². The number of rotatable bonds is 3. The van der Waals surface area contributed by atoms with Crippen LogP contribution in [0.5, 0.6) is 0 Å². The molecule has 5 nitrogen and oxygen atoms in total. The summed E-state index contributed by atoms with van der Waals surface area (Å²) in [6.07, 6.45) is 0.823. The third kappa shape index (κ3) is 2.51. The number of nitrogens with two attached hydrogens (primary N) is 1. The van der Waals surface area contributed by atoms with E-state index < -0.39 is 11.9 Å². The first-order valence-electron chi connectivity index (χ1n) is 6.01. The summed E-state index contributed by atoms with van der Waals surface area (Å²) < 4.78 is 0. The first-order valence-corrected chi connectivity index (χ1v) is 6.01. The fourth-order valence-electron chi connectivity index (χ4n) is 2.09. The summed E-state index contributed by atoms with van der Waals surface area (Å²) in [7, 11) is 0. The number of carbonyl (C=O) groups excluding carboxylic acids is 2. The number of amides is 2. The molecule has 0 aliphatic carbocycles. The van der Waals surface area contributed by atoms with E-state index in [2.05, 4.69) is 10.6 Å². The molecule has 2 rings (SSSR count). The topological polar surface area (TPSA) is 84.2 Å². The van der Waals surface area contributed by atoms with Gasteiger partial charge in [0.1, 0.15) is 6.04 Å². The number of hydrogen-bond donors (Lipinski definition) is 3. The van der Waals surface area contributed by atoms with Gasteiger partial charge in [-0.3, -0.25) is 9.59 Å². The Kier molecular flexibility index (Phi) is 3.62. The molecule has 1 aromatic carbocycles. The second kappa shape index (κ2) is 5.18. The molecule has 4 N–H and O–H groups in total. The quantitative estimate of drug-likeness (QED) is 0.699. The monoisotopic (exact) mass is 247 g/mol. The van der Waals surface area contributed by atoms with Crippen molar-refractivity contribution in [2.24, 2.45) is 5.73 Å². The van der Waals surface area contributed by atoms with E-state index in [1.54, 1.807) is 13.0 Å². The second-order valence-electron chi connectivity index (χ2n) is 4.47. The van der Waals surface area contributed by atoms with Crippen molar-refractivity contribution in [2.45, 2.75) is 25.9 Å². The fourth-order valence-corrected chi connectivity index (χ4v) is 2.09. The molecule has 1 aliphatic rings. The minimum absolute atomic E-state index is 0.236. The summed E-state index contributed by atoms with van der Waals surface area (Å²) in [5, 5.41) is 5.87. The Labute approximate surface area is 106 Å². The van der Waals surface area contributed by atoms with Gasteiger partial charge in [-0.1, -0.05) is 12.1 Å². The molecule has 1 heterocycles. The minimum atomic E-state index is -0.657. The van der Waals surface area contributed by atoms with Crippen LogP contribution in [-0.2, 0) is 17.8 Å². The van der Waals surface area contributed by atoms with Crippen LogP contribution >= 0.6 is 0 Å². The summed E-state index contributed by atoms with van der Waals surface area (Å²) in [4.78, 5) is 23.0. The van der Waals surface area contributed by atoms with Gasteiger partial charge in [-0.25, -0.2) is 0 Å². The zero-order chi connectivity index (χ0) is 13.1. The lowest BCUT2D eigenvalue weighted by atomic mass is 9.95. The molecule has 1 unspecified atom stereocenters. The molecule has 18 heavy (non-hydrogen) atoms. The van der Waals surface area contributed by atoms with Gasteiger partial charge in [-0.15, -0.1) is 0 Å². The molecule has 0 radical (unpaired) electrons. The van der Waals surface area contributed by atoms with Gasteiger partial charge in [0.15, 0.2) is 0 Å².